The third-order valence-electron chi connectivity index (χ3n) is 5.07. The number of carbonyl (C=O) groups is 1. The van der Waals surface area contributed by atoms with Crippen LogP contribution in [0.5, 0.6) is 0 Å². The van der Waals surface area contributed by atoms with Crippen LogP contribution in [0.15, 0.2) is 42.5 Å². The molecule has 9 heteroatoms. The summed E-state index contributed by atoms with van der Waals surface area (Å²) < 4.78 is 43.3. The van der Waals surface area contributed by atoms with Crippen LogP contribution in [0.4, 0.5) is 13.2 Å². The molecule has 0 aromatic heterocycles. The molecular formula is C21H20Cl2F3NO3. The number of aromatic carboxylic acids is 1. The van der Waals surface area contributed by atoms with Crippen LogP contribution in [0.2, 0.25) is 10.0 Å². The Hall–Kier alpha value is -1.80. The van der Waals surface area contributed by atoms with E-state index < -0.39 is 35.7 Å². The van der Waals surface area contributed by atoms with E-state index in [2.05, 4.69) is 0 Å². The first-order chi connectivity index (χ1) is 13.8. The molecule has 30 heavy (non-hydrogen) atoms. The zero-order valence-corrected chi connectivity index (χ0v) is 17.9. The lowest BCUT2D eigenvalue weighted by molar-refractivity contribution is -0.344. The van der Waals surface area contributed by atoms with Crippen molar-refractivity contribution in [3.8, 4) is 0 Å². The Morgan fingerprint density at radius 2 is 1.70 bits per heavy atom. The normalized spacial score (nSPS) is 23.0. The number of hydrogen-bond donors (Lipinski definition) is 1. The predicted octanol–water partition coefficient (Wildman–Crippen LogP) is 6.63. The Morgan fingerprint density at radius 3 is 2.17 bits per heavy atom. The van der Waals surface area contributed by atoms with Crippen molar-refractivity contribution in [1.29, 1.82) is 0 Å². The minimum absolute atomic E-state index is 0.00189. The highest BCUT2D eigenvalue weighted by molar-refractivity contribution is 6.42. The first kappa shape index (κ1) is 22.9. The summed E-state index contributed by atoms with van der Waals surface area (Å²) in [5.41, 5.74) is -3.00. The van der Waals surface area contributed by atoms with E-state index in [1.807, 2.05) is 0 Å². The summed E-state index contributed by atoms with van der Waals surface area (Å²) >= 11 is 11.9. The largest absolute Gasteiger partial charge is 0.478 e. The van der Waals surface area contributed by atoms with Gasteiger partial charge in [-0.05, 0) is 56.2 Å². The van der Waals surface area contributed by atoms with Crippen molar-refractivity contribution in [1.82, 2.24) is 5.06 Å². The Labute approximate surface area is 182 Å². The second-order valence-corrected chi connectivity index (χ2v) is 9.00. The van der Waals surface area contributed by atoms with E-state index in [-0.39, 0.29) is 21.2 Å². The number of carboxylic acids is 1. The summed E-state index contributed by atoms with van der Waals surface area (Å²) in [7, 11) is 0. The van der Waals surface area contributed by atoms with Crippen molar-refractivity contribution in [3.63, 3.8) is 0 Å². The average molecular weight is 462 g/mol. The molecule has 0 bridgehead atoms. The van der Waals surface area contributed by atoms with E-state index in [1.165, 1.54) is 47.5 Å². The molecule has 1 fully saturated rings. The zero-order valence-electron chi connectivity index (χ0n) is 16.4. The van der Waals surface area contributed by atoms with E-state index in [1.54, 1.807) is 20.8 Å². The van der Waals surface area contributed by atoms with Gasteiger partial charge in [-0.1, -0.05) is 41.4 Å². The smallest absolute Gasteiger partial charge is 0.423 e. The molecule has 1 aliphatic rings. The molecule has 1 saturated heterocycles. The molecule has 2 aromatic rings. The van der Waals surface area contributed by atoms with Crippen molar-refractivity contribution < 1.29 is 27.9 Å². The minimum Gasteiger partial charge on any atom is -0.478 e. The highest BCUT2D eigenvalue weighted by atomic mass is 35.5. The lowest BCUT2D eigenvalue weighted by atomic mass is 9.85. The first-order valence-corrected chi connectivity index (χ1v) is 9.86. The second-order valence-electron chi connectivity index (χ2n) is 8.19. The van der Waals surface area contributed by atoms with Crippen molar-refractivity contribution in [2.75, 3.05) is 0 Å². The van der Waals surface area contributed by atoms with Gasteiger partial charge in [0, 0.05) is 12.0 Å². The number of hydrogen-bond acceptors (Lipinski definition) is 3. The molecule has 1 N–H and O–H groups in total. The third kappa shape index (κ3) is 4.04. The van der Waals surface area contributed by atoms with Gasteiger partial charge in [0.05, 0.1) is 21.7 Å². The fourth-order valence-electron chi connectivity index (χ4n) is 3.58. The van der Waals surface area contributed by atoms with Crippen molar-refractivity contribution in [3.05, 3.63) is 69.2 Å². The maximum absolute atomic E-state index is 14.4. The number of halogens is 5. The van der Waals surface area contributed by atoms with Gasteiger partial charge in [0.25, 0.3) is 0 Å². The fraction of sp³-hybridized carbons (Fsp3) is 0.381. The summed E-state index contributed by atoms with van der Waals surface area (Å²) in [6.45, 7) is 5.23. The first-order valence-electron chi connectivity index (χ1n) is 9.10. The maximum atomic E-state index is 14.4. The molecule has 0 aliphatic carbocycles. The summed E-state index contributed by atoms with van der Waals surface area (Å²) in [6, 6.07) is 8.73. The van der Waals surface area contributed by atoms with Crippen LogP contribution in [0.3, 0.4) is 0 Å². The summed E-state index contributed by atoms with van der Waals surface area (Å²) in [6.07, 6.45) is -5.18. The Bertz CT molecular complexity index is 957. The topological polar surface area (TPSA) is 49.8 Å². The average Bonchev–Trinajstić information content (AvgIpc) is 3.06. The van der Waals surface area contributed by atoms with E-state index in [4.69, 9.17) is 33.1 Å². The zero-order chi connectivity index (χ0) is 22.5. The molecule has 2 unspecified atom stereocenters. The second kappa shape index (κ2) is 7.71. The number of nitrogens with zero attached hydrogens (tertiary/aromatic N) is 1. The number of rotatable bonds is 3. The quantitative estimate of drug-likeness (QED) is 0.557. The molecule has 3 rings (SSSR count). The van der Waals surface area contributed by atoms with Crippen LogP contribution in [0.1, 0.15) is 54.7 Å². The molecule has 1 aliphatic heterocycles. The van der Waals surface area contributed by atoms with E-state index >= 15 is 0 Å². The fourth-order valence-corrected chi connectivity index (χ4v) is 3.88. The highest BCUT2D eigenvalue weighted by Crippen LogP contribution is 2.56. The minimum atomic E-state index is -4.75. The number of carboxylic acid groups (broad SMARTS) is 1. The van der Waals surface area contributed by atoms with E-state index in [0.29, 0.717) is 5.56 Å². The van der Waals surface area contributed by atoms with Gasteiger partial charge in [0.1, 0.15) is 0 Å². The van der Waals surface area contributed by atoms with Gasteiger partial charge in [-0.15, -0.1) is 0 Å². The van der Waals surface area contributed by atoms with Crippen LogP contribution in [0.25, 0.3) is 0 Å². The van der Waals surface area contributed by atoms with Crippen molar-refractivity contribution in [2.24, 2.45) is 0 Å². The van der Waals surface area contributed by atoms with E-state index in [9.17, 15) is 18.0 Å². The van der Waals surface area contributed by atoms with Crippen LogP contribution < -0.4 is 0 Å². The van der Waals surface area contributed by atoms with E-state index in [0.717, 1.165) is 0 Å². The number of benzene rings is 2. The van der Waals surface area contributed by atoms with Gasteiger partial charge < -0.3 is 5.11 Å². The summed E-state index contributed by atoms with van der Waals surface area (Å²) in [4.78, 5) is 16.8. The SMILES string of the molecule is CC(C)(C)N1OC(c2ccc(Cl)c(Cl)c2)(C(F)(F)F)CC1c1ccc(C(=O)O)cc1. The lowest BCUT2D eigenvalue weighted by Gasteiger charge is -2.37. The van der Waals surface area contributed by atoms with Gasteiger partial charge in [0.2, 0.25) is 5.60 Å². The molecule has 162 valence electrons. The molecule has 2 aromatic carbocycles. The molecule has 4 nitrogen and oxygen atoms in total. The van der Waals surface area contributed by atoms with Crippen LogP contribution in [0, 0.1) is 0 Å². The lowest BCUT2D eigenvalue weighted by Crippen LogP contribution is -2.46. The standard InChI is InChI=1S/C21H20Cl2F3NO3/c1-19(2,3)27-17(12-4-6-13(7-5-12)18(28)29)11-20(30-27,21(24,25)26)14-8-9-15(22)16(23)10-14/h4-10,17H,11H2,1-3H3,(H,28,29). The Kier molecular flexibility index (Phi) is 5.88. The predicted molar refractivity (Wildman–Crippen MR) is 108 cm³/mol. The van der Waals surface area contributed by atoms with Gasteiger partial charge in [-0.25, -0.2) is 4.79 Å². The van der Waals surface area contributed by atoms with Gasteiger partial charge in [-0.3, -0.25) is 4.84 Å². The Balaban J connectivity index is 2.14. The molecule has 0 amide bonds. The monoisotopic (exact) mass is 461 g/mol. The number of alkyl halides is 3. The maximum Gasteiger partial charge on any atom is 0.423 e. The van der Waals surface area contributed by atoms with Gasteiger partial charge >= 0.3 is 12.1 Å². The van der Waals surface area contributed by atoms with Gasteiger partial charge in [0.15, 0.2) is 0 Å². The van der Waals surface area contributed by atoms with Crippen molar-refractivity contribution in [2.45, 2.75) is 50.6 Å². The molecular weight excluding hydrogens is 442 g/mol. The Morgan fingerprint density at radius 1 is 1.10 bits per heavy atom. The van der Waals surface area contributed by atoms with Crippen LogP contribution in [-0.4, -0.2) is 27.9 Å². The molecule has 0 saturated carbocycles. The summed E-state index contributed by atoms with van der Waals surface area (Å²) in [5, 5.41) is 10.6. The van der Waals surface area contributed by atoms with Crippen molar-refractivity contribution >= 4 is 29.2 Å². The molecule has 1 heterocycles. The van der Waals surface area contributed by atoms with Gasteiger partial charge in [-0.2, -0.15) is 18.2 Å². The van der Waals surface area contributed by atoms with Crippen LogP contribution in [-0.2, 0) is 10.4 Å². The molecule has 2 atom stereocenters. The van der Waals surface area contributed by atoms with Crippen LogP contribution >= 0.6 is 23.2 Å². The summed E-state index contributed by atoms with van der Waals surface area (Å²) in [5.74, 6) is -1.11. The number of hydroxylamine groups is 2. The molecule has 0 radical (unpaired) electrons. The highest BCUT2D eigenvalue weighted by Gasteiger charge is 2.65. The third-order valence-corrected chi connectivity index (χ3v) is 5.80. The molecule has 0 spiro atoms.